The van der Waals surface area contributed by atoms with Crippen LogP contribution < -0.4 is 0 Å². The first-order chi connectivity index (χ1) is 33.7. The van der Waals surface area contributed by atoms with Gasteiger partial charge < -0.3 is 0 Å². The zero-order chi connectivity index (χ0) is 46.6. The van der Waals surface area contributed by atoms with Crippen LogP contribution in [0.4, 0.5) is 0 Å². The van der Waals surface area contributed by atoms with Crippen molar-refractivity contribution in [1.82, 2.24) is 0 Å². The molecule has 0 fully saturated rings. The number of hydrogen-bond donors (Lipinski definition) is 0. The first-order valence-corrected chi connectivity index (χ1v) is 25.8. The van der Waals surface area contributed by atoms with Gasteiger partial charge in [0, 0.05) is 5.41 Å². The van der Waals surface area contributed by atoms with Gasteiger partial charge in [0.05, 0.1) is 10.8 Å². The quantitative estimate of drug-likeness (QED) is 0.140. The van der Waals surface area contributed by atoms with Gasteiger partial charge in [-0.1, -0.05) is 229 Å². The highest BCUT2D eigenvalue weighted by Crippen LogP contribution is 2.64. The third kappa shape index (κ3) is 5.99. The van der Waals surface area contributed by atoms with Crippen molar-refractivity contribution in [2.75, 3.05) is 0 Å². The average molecular weight is 997 g/mol. The second kappa shape index (κ2) is 15.9. The molecule has 0 spiro atoms. The Kier molecular flexibility index (Phi) is 9.73. The van der Waals surface area contributed by atoms with Gasteiger partial charge in [0.1, 0.15) is 0 Å². The van der Waals surface area contributed by atoms with E-state index in [4.69, 9.17) is 0 Å². The van der Waals surface area contributed by atoms with E-state index in [0.717, 1.165) is 19.3 Å². The average Bonchev–Trinajstić information content (AvgIpc) is 3.96. The number of benzene rings is 9. The Morgan fingerprint density at radius 2 is 0.855 bits per heavy atom. The van der Waals surface area contributed by atoms with E-state index < -0.39 is 10.8 Å². The van der Waals surface area contributed by atoms with Crippen LogP contribution in [-0.4, -0.2) is 0 Å². The van der Waals surface area contributed by atoms with E-state index in [9.17, 15) is 0 Å². The first kappa shape index (κ1) is 42.3. The van der Waals surface area contributed by atoms with Crippen LogP contribution in [0.25, 0.3) is 27.8 Å². The molecule has 4 aliphatic rings. The second-order valence-electron chi connectivity index (χ2n) is 20.3. The number of hydrogen-bond acceptors (Lipinski definition) is 0. The summed E-state index contributed by atoms with van der Waals surface area (Å²) in [5, 5.41) is 0. The minimum atomic E-state index is -0.512. The Labute approximate surface area is 421 Å². The molecule has 4 aliphatic carbocycles. The Hall–Kier alpha value is -6.81. The topological polar surface area (TPSA) is 0 Å². The van der Waals surface area contributed by atoms with Crippen molar-refractivity contribution >= 4 is 28.2 Å². The molecule has 69 heavy (non-hydrogen) atoms. The van der Waals surface area contributed by atoms with Crippen LogP contribution in [0.5, 0.6) is 0 Å². The predicted octanol–water partition coefficient (Wildman–Crippen LogP) is 17.1. The summed E-state index contributed by atoms with van der Waals surface area (Å²) in [6.45, 7) is 9.07. The summed E-state index contributed by atoms with van der Waals surface area (Å²) in [6, 6.07) is 79.6. The largest absolute Gasteiger partial charge is 0.0760 e. The maximum atomic E-state index is 2.67. The minimum Gasteiger partial charge on any atom is -0.0760 e. The summed E-state index contributed by atoms with van der Waals surface area (Å²) in [7, 11) is 0. The van der Waals surface area contributed by atoms with Crippen LogP contribution in [0.1, 0.15) is 109 Å². The van der Waals surface area contributed by atoms with Crippen LogP contribution in [0.3, 0.4) is 0 Å². The van der Waals surface area contributed by atoms with Crippen molar-refractivity contribution in [3.05, 3.63) is 311 Å². The molecule has 0 aromatic heterocycles. The Morgan fingerprint density at radius 3 is 1.46 bits per heavy atom. The van der Waals surface area contributed by atoms with E-state index in [2.05, 4.69) is 263 Å². The maximum Gasteiger partial charge on any atom is 0.0713 e. The van der Waals surface area contributed by atoms with E-state index in [1.54, 1.807) is 0 Å². The fourth-order valence-corrected chi connectivity index (χ4v) is 14.5. The summed E-state index contributed by atoms with van der Waals surface area (Å²) < 4.78 is 1.48. The molecule has 0 saturated carbocycles. The molecule has 1 heteroatoms. The van der Waals surface area contributed by atoms with Crippen molar-refractivity contribution in [3.8, 4) is 22.3 Å². The van der Waals surface area contributed by atoms with Crippen molar-refractivity contribution < 1.29 is 0 Å². The van der Waals surface area contributed by atoms with Gasteiger partial charge in [-0.2, -0.15) is 0 Å². The number of rotatable bonds is 7. The number of aryl methyl sites for hydroxylation is 3. The molecule has 0 saturated heterocycles. The van der Waals surface area contributed by atoms with E-state index in [-0.39, 0.29) is 5.41 Å². The maximum absolute atomic E-state index is 2.67. The van der Waals surface area contributed by atoms with Crippen molar-refractivity contribution in [3.63, 3.8) is 0 Å². The fraction of sp³-hybridized carbons (Fsp3) is 0.147. The summed E-state index contributed by atoms with van der Waals surface area (Å²) in [5.74, 6) is 0. The molecule has 0 aliphatic heterocycles. The molecule has 0 N–H and O–H groups in total. The van der Waals surface area contributed by atoms with Gasteiger partial charge in [-0.3, -0.25) is 0 Å². The molecule has 9 aromatic rings. The van der Waals surface area contributed by atoms with Crippen LogP contribution in [0.15, 0.2) is 221 Å². The van der Waals surface area contributed by atoms with E-state index in [1.165, 1.54) is 126 Å². The summed E-state index contributed by atoms with van der Waals surface area (Å²) in [6.07, 6.45) is 5.53. The Balaban J connectivity index is 0.949. The van der Waals surface area contributed by atoms with Gasteiger partial charge in [-0.15, -0.1) is 0 Å². The smallest absolute Gasteiger partial charge is 0.0713 e. The van der Waals surface area contributed by atoms with Crippen LogP contribution in [0.2, 0.25) is 0 Å². The summed E-state index contributed by atoms with van der Waals surface area (Å²) in [4.78, 5) is 0. The highest BCUT2D eigenvalue weighted by Gasteiger charge is 2.52. The lowest BCUT2D eigenvalue weighted by molar-refractivity contribution is 0.703. The molecular weight excluding hydrogens is 944 g/mol. The Morgan fingerprint density at radius 1 is 0.406 bits per heavy atom. The predicted molar refractivity (Wildman–Crippen MR) is 296 cm³/mol. The monoisotopic (exact) mass is 996 g/mol. The molecule has 0 nitrogen and oxygen atoms in total. The number of halogens is 1. The molecule has 0 radical (unpaired) electrons. The van der Waals surface area contributed by atoms with Crippen LogP contribution in [-0.2, 0) is 22.7 Å². The lowest BCUT2D eigenvalue weighted by atomic mass is 9.66. The van der Waals surface area contributed by atoms with Gasteiger partial charge >= 0.3 is 0 Å². The fourth-order valence-electron chi connectivity index (χ4n) is 13.4. The SMILES string of the molecule is Cc1ccc(C2(c3ccc(C)cc3)c3ccccc3-c3cc(Cc4ccc(C5(c6ccc(C)cc6)c6ccccc6-c6c(C7(C)C8=C(I)CCC=C8c8ccccc87)cccc65)cc4)ccc32)cc1. The third-order valence-corrected chi connectivity index (χ3v) is 17.6. The summed E-state index contributed by atoms with van der Waals surface area (Å²) >= 11 is 2.67. The first-order valence-electron chi connectivity index (χ1n) is 24.7. The molecule has 0 bridgehead atoms. The Bertz CT molecular complexity index is 3560. The van der Waals surface area contributed by atoms with Gasteiger partial charge in [-0.05, 0) is 179 Å². The molecule has 2 atom stereocenters. The van der Waals surface area contributed by atoms with Crippen molar-refractivity contribution in [2.24, 2.45) is 0 Å². The molecular formula is C68H53I. The van der Waals surface area contributed by atoms with Gasteiger partial charge in [-0.25, -0.2) is 0 Å². The molecule has 9 aromatic carbocycles. The zero-order valence-corrected chi connectivity index (χ0v) is 41.9. The normalized spacial score (nSPS) is 19.0. The molecule has 0 heterocycles. The third-order valence-electron chi connectivity index (χ3n) is 16.5. The molecule has 13 rings (SSSR count). The highest BCUT2D eigenvalue weighted by atomic mass is 127. The van der Waals surface area contributed by atoms with Crippen LogP contribution >= 0.6 is 22.6 Å². The van der Waals surface area contributed by atoms with E-state index in [0.29, 0.717) is 0 Å². The lowest BCUT2D eigenvalue weighted by Gasteiger charge is -2.36. The van der Waals surface area contributed by atoms with Crippen LogP contribution in [0, 0.1) is 20.8 Å². The zero-order valence-electron chi connectivity index (χ0n) is 39.7. The second-order valence-corrected chi connectivity index (χ2v) is 21.6. The highest BCUT2D eigenvalue weighted by molar-refractivity contribution is 14.1. The number of fused-ring (bicyclic) bond motifs is 9. The van der Waals surface area contributed by atoms with Crippen molar-refractivity contribution in [1.29, 1.82) is 0 Å². The molecule has 2 unspecified atom stereocenters. The van der Waals surface area contributed by atoms with Gasteiger partial charge in [0.2, 0.25) is 0 Å². The standard InChI is InChI=1S/C68H53I/c1-43-23-32-48(33-24-43)67(49-34-25-44(2)26-35-49)58-18-9-6-14-53(58)56-42-47(31-40-60(56)67)41-46-29-38-51(39-30-46)68(50-36-27-45(3)28-37-50)59-19-10-7-15-55(59)64-61(20-12-21-62(64)68)66(4)57-17-8-5-13-52(57)54-16-11-22-63(69)65(54)66/h5-10,12-21,23-40,42H,11,22,41H2,1-4H3. The molecule has 0 amide bonds. The van der Waals surface area contributed by atoms with Crippen molar-refractivity contribution in [2.45, 2.75) is 63.2 Å². The van der Waals surface area contributed by atoms with E-state index >= 15 is 0 Å². The minimum absolute atomic E-state index is 0.304. The number of allylic oxidation sites excluding steroid dienone is 4. The molecule has 332 valence electrons. The van der Waals surface area contributed by atoms with Gasteiger partial charge in [0.25, 0.3) is 0 Å². The summed E-state index contributed by atoms with van der Waals surface area (Å²) in [5.41, 5.74) is 28.3. The van der Waals surface area contributed by atoms with E-state index in [1.807, 2.05) is 0 Å². The van der Waals surface area contributed by atoms with Gasteiger partial charge in [0.15, 0.2) is 0 Å². The lowest BCUT2D eigenvalue weighted by Crippen LogP contribution is -2.29.